The molecular formula is C20H34O8. The molecule has 0 atom stereocenters. The van der Waals surface area contributed by atoms with E-state index in [1.54, 1.807) is 0 Å². The minimum atomic E-state index is -1.64. The summed E-state index contributed by atoms with van der Waals surface area (Å²) in [7, 11) is 0. The molecule has 2 N–H and O–H groups in total. The van der Waals surface area contributed by atoms with E-state index >= 15 is 0 Å². The van der Waals surface area contributed by atoms with Gasteiger partial charge in [-0.3, -0.25) is 19.2 Å². The summed E-state index contributed by atoms with van der Waals surface area (Å²) in [5.74, 6) is -3.34. The number of rotatable bonds is 17. The van der Waals surface area contributed by atoms with Gasteiger partial charge in [-0.1, -0.05) is 39.5 Å². The van der Waals surface area contributed by atoms with Crippen molar-refractivity contribution in [3.8, 4) is 0 Å². The second-order valence-corrected chi connectivity index (χ2v) is 7.07. The first-order valence-corrected chi connectivity index (χ1v) is 10.0. The highest BCUT2D eigenvalue weighted by atomic mass is 16.6. The maximum atomic E-state index is 11.9. The van der Waals surface area contributed by atoms with E-state index < -0.39 is 42.5 Å². The molecule has 0 aromatic heterocycles. The lowest BCUT2D eigenvalue weighted by molar-refractivity contribution is -0.168. The first-order valence-electron chi connectivity index (χ1n) is 10.0. The minimum absolute atomic E-state index is 0.0703. The van der Waals surface area contributed by atoms with Crippen LogP contribution in [-0.2, 0) is 28.7 Å². The van der Waals surface area contributed by atoms with Crippen molar-refractivity contribution >= 4 is 23.9 Å². The zero-order valence-corrected chi connectivity index (χ0v) is 17.0. The smallest absolute Gasteiger partial charge is 0.316 e. The third-order valence-corrected chi connectivity index (χ3v) is 4.49. The number of carboxylic acid groups (broad SMARTS) is 2. The fourth-order valence-corrected chi connectivity index (χ4v) is 2.61. The second-order valence-electron chi connectivity index (χ2n) is 7.07. The third kappa shape index (κ3) is 11.6. The SMILES string of the molecule is CCCCCC(=O)OCC(CCCC(=O)O)(COC(=O)CCCCC)C(=O)O. The van der Waals surface area contributed by atoms with Gasteiger partial charge in [0, 0.05) is 19.3 Å². The molecule has 0 spiro atoms. The summed E-state index contributed by atoms with van der Waals surface area (Å²) in [4.78, 5) is 46.4. The summed E-state index contributed by atoms with van der Waals surface area (Å²) in [5, 5.41) is 18.5. The zero-order chi connectivity index (χ0) is 21.4. The summed E-state index contributed by atoms with van der Waals surface area (Å²) in [6.45, 7) is 3.10. The number of hydrogen-bond acceptors (Lipinski definition) is 6. The van der Waals surface area contributed by atoms with E-state index in [2.05, 4.69) is 0 Å². The molecule has 0 heterocycles. The van der Waals surface area contributed by atoms with Crippen molar-refractivity contribution in [2.75, 3.05) is 13.2 Å². The number of carbonyl (C=O) groups excluding carboxylic acids is 2. The van der Waals surface area contributed by atoms with Gasteiger partial charge in [-0.2, -0.15) is 0 Å². The average molecular weight is 402 g/mol. The van der Waals surface area contributed by atoms with Gasteiger partial charge in [0.1, 0.15) is 18.6 Å². The van der Waals surface area contributed by atoms with Crippen molar-refractivity contribution in [2.24, 2.45) is 5.41 Å². The molecule has 0 aliphatic heterocycles. The molecule has 0 saturated carbocycles. The van der Waals surface area contributed by atoms with Crippen LogP contribution in [0.4, 0.5) is 0 Å². The molecule has 0 radical (unpaired) electrons. The van der Waals surface area contributed by atoms with Crippen molar-refractivity contribution in [1.29, 1.82) is 0 Å². The van der Waals surface area contributed by atoms with Crippen molar-refractivity contribution in [3.05, 3.63) is 0 Å². The van der Waals surface area contributed by atoms with Crippen molar-refractivity contribution in [3.63, 3.8) is 0 Å². The van der Waals surface area contributed by atoms with E-state index in [0.717, 1.165) is 25.7 Å². The Balaban J connectivity index is 4.93. The summed E-state index contributed by atoms with van der Waals surface area (Å²) in [5.41, 5.74) is -1.64. The van der Waals surface area contributed by atoms with E-state index in [0.29, 0.717) is 12.8 Å². The third-order valence-electron chi connectivity index (χ3n) is 4.49. The standard InChI is InChI=1S/C20H34O8/c1-3-5-7-11-17(23)27-14-20(19(25)26,13-9-10-16(21)22)15-28-18(24)12-8-6-4-2/h3-15H2,1-2H3,(H,21,22)(H,25,26). The molecule has 0 amide bonds. The molecule has 28 heavy (non-hydrogen) atoms. The Labute approximate surface area is 166 Å². The highest BCUT2D eigenvalue weighted by Crippen LogP contribution is 2.27. The highest BCUT2D eigenvalue weighted by Gasteiger charge is 2.41. The summed E-state index contributed by atoms with van der Waals surface area (Å²) in [6.07, 6.45) is 5.09. The quantitative estimate of drug-likeness (QED) is 0.279. The van der Waals surface area contributed by atoms with E-state index in [4.69, 9.17) is 14.6 Å². The van der Waals surface area contributed by atoms with Gasteiger partial charge >= 0.3 is 23.9 Å². The number of unbranched alkanes of at least 4 members (excludes halogenated alkanes) is 4. The van der Waals surface area contributed by atoms with Gasteiger partial charge in [0.25, 0.3) is 0 Å². The van der Waals surface area contributed by atoms with Gasteiger partial charge in [-0.05, 0) is 25.7 Å². The molecule has 0 aliphatic rings. The largest absolute Gasteiger partial charge is 0.481 e. The Morgan fingerprint density at radius 3 is 1.54 bits per heavy atom. The van der Waals surface area contributed by atoms with E-state index in [-0.39, 0.29) is 32.1 Å². The topological polar surface area (TPSA) is 127 Å². The van der Waals surface area contributed by atoms with Crippen molar-refractivity contribution in [1.82, 2.24) is 0 Å². The molecular weight excluding hydrogens is 368 g/mol. The van der Waals surface area contributed by atoms with Crippen LogP contribution >= 0.6 is 0 Å². The van der Waals surface area contributed by atoms with Gasteiger partial charge in [0.15, 0.2) is 0 Å². The number of esters is 2. The van der Waals surface area contributed by atoms with E-state index in [9.17, 15) is 24.3 Å². The monoisotopic (exact) mass is 402 g/mol. The lowest BCUT2D eigenvalue weighted by Gasteiger charge is -2.28. The second kappa shape index (κ2) is 14.9. The number of hydrogen-bond donors (Lipinski definition) is 2. The van der Waals surface area contributed by atoms with Crippen molar-refractivity contribution in [2.45, 2.75) is 84.5 Å². The van der Waals surface area contributed by atoms with Crippen LogP contribution in [0.3, 0.4) is 0 Å². The van der Waals surface area contributed by atoms with Crippen molar-refractivity contribution < 1.29 is 38.9 Å². The molecule has 0 aliphatic carbocycles. The predicted octanol–water partition coefficient (Wildman–Crippen LogP) is 3.56. The number of aliphatic carboxylic acids is 2. The number of carboxylic acids is 2. The lowest BCUT2D eigenvalue weighted by Crippen LogP contribution is -2.42. The molecule has 0 aromatic carbocycles. The summed E-state index contributed by atoms with van der Waals surface area (Å²) < 4.78 is 10.3. The maximum absolute atomic E-state index is 11.9. The molecule has 0 bridgehead atoms. The number of carbonyl (C=O) groups is 4. The van der Waals surface area contributed by atoms with Gasteiger partial charge in [-0.25, -0.2) is 0 Å². The first-order chi connectivity index (χ1) is 13.3. The van der Waals surface area contributed by atoms with Crippen LogP contribution < -0.4 is 0 Å². The highest BCUT2D eigenvalue weighted by molar-refractivity contribution is 5.77. The average Bonchev–Trinajstić information content (AvgIpc) is 2.63. The van der Waals surface area contributed by atoms with Crippen LogP contribution in [-0.4, -0.2) is 47.3 Å². The molecule has 0 fully saturated rings. The van der Waals surface area contributed by atoms with E-state index in [1.165, 1.54) is 0 Å². The molecule has 8 heteroatoms. The summed E-state index contributed by atoms with van der Waals surface area (Å²) in [6, 6.07) is 0. The molecule has 0 saturated heterocycles. The predicted molar refractivity (Wildman–Crippen MR) is 102 cm³/mol. The fourth-order valence-electron chi connectivity index (χ4n) is 2.61. The Morgan fingerprint density at radius 1 is 0.714 bits per heavy atom. The van der Waals surface area contributed by atoms with Crippen LogP contribution in [0.1, 0.15) is 84.5 Å². The van der Waals surface area contributed by atoms with Gasteiger partial charge in [0.2, 0.25) is 0 Å². The van der Waals surface area contributed by atoms with Gasteiger partial charge in [0.05, 0.1) is 0 Å². The molecule has 8 nitrogen and oxygen atoms in total. The Morgan fingerprint density at radius 2 is 1.18 bits per heavy atom. The molecule has 0 unspecified atom stereocenters. The Bertz CT molecular complexity index is 474. The van der Waals surface area contributed by atoms with Crippen LogP contribution in [0.5, 0.6) is 0 Å². The first kappa shape index (κ1) is 25.9. The van der Waals surface area contributed by atoms with E-state index in [1.807, 2.05) is 13.8 Å². The van der Waals surface area contributed by atoms with Crippen LogP contribution in [0.15, 0.2) is 0 Å². The minimum Gasteiger partial charge on any atom is -0.481 e. The molecule has 0 aromatic rings. The summed E-state index contributed by atoms with van der Waals surface area (Å²) >= 11 is 0. The zero-order valence-electron chi connectivity index (χ0n) is 17.0. The molecule has 162 valence electrons. The van der Waals surface area contributed by atoms with Crippen LogP contribution in [0.25, 0.3) is 0 Å². The van der Waals surface area contributed by atoms with Crippen LogP contribution in [0.2, 0.25) is 0 Å². The lowest BCUT2D eigenvalue weighted by atomic mass is 9.84. The number of ether oxygens (including phenoxy) is 2. The molecule has 0 rings (SSSR count). The van der Waals surface area contributed by atoms with Crippen LogP contribution in [0, 0.1) is 5.41 Å². The Kier molecular flexibility index (Phi) is 13.8. The normalized spacial score (nSPS) is 11.1. The van der Waals surface area contributed by atoms with Gasteiger partial charge in [-0.15, -0.1) is 0 Å². The maximum Gasteiger partial charge on any atom is 0.316 e. The fraction of sp³-hybridized carbons (Fsp3) is 0.800. The Hall–Kier alpha value is -2.12. The van der Waals surface area contributed by atoms with Gasteiger partial charge < -0.3 is 19.7 Å².